The van der Waals surface area contributed by atoms with Gasteiger partial charge in [-0.2, -0.15) is 0 Å². The van der Waals surface area contributed by atoms with Crippen LogP contribution in [-0.2, 0) is 12.8 Å². The van der Waals surface area contributed by atoms with E-state index in [2.05, 4.69) is 16.0 Å². The van der Waals surface area contributed by atoms with Gasteiger partial charge >= 0.3 is 0 Å². The van der Waals surface area contributed by atoms with E-state index in [1.165, 1.54) is 22.7 Å². The van der Waals surface area contributed by atoms with Gasteiger partial charge in [0.2, 0.25) is 0 Å². The number of rotatable bonds is 8. The van der Waals surface area contributed by atoms with Crippen LogP contribution in [0, 0.1) is 0 Å². The van der Waals surface area contributed by atoms with Crippen LogP contribution in [0.15, 0.2) is 66.0 Å². The van der Waals surface area contributed by atoms with Crippen LogP contribution in [-0.4, -0.2) is 24.3 Å². The minimum Gasteiger partial charge on any atom is -0.494 e. The lowest BCUT2D eigenvalue weighted by Crippen LogP contribution is -2.20. The fraction of sp³-hybridized carbons (Fsp3) is 0.179. The number of ether oxygens (including phenoxy) is 1. The van der Waals surface area contributed by atoms with E-state index in [-0.39, 0.29) is 11.8 Å². The predicted octanol–water partition coefficient (Wildman–Crippen LogP) is 6.45. The third kappa shape index (κ3) is 5.42. The number of hydrogen-bond acceptors (Lipinski definition) is 6. The van der Waals surface area contributed by atoms with E-state index in [0.29, 0.717) is 39.0 Å². The Bertz CT molecular complexity index is 1440. The lowest BCUT2D eigenvalue weighted by molar-refractivity contribution is 0.102. The zero-order valence-electron chi connectivity index (χ0n) is 20.1. The van der Waals surface area contributed by atoms with Gasteiger partial charge < -0.3 is 20.7 Å². The smallest absolute Gasteiger partial charge is 0.265 e. The third-order valence-electron chi connectivity index (χ3n) is 5.96. The zero-order valence-corrected chi connectivity index (χ0v) is 21.8. The monoisotopic (exact) mass is 531 g/mol. The number of hydrogen-bond donors (Lipinski definition) is 3. The molecule has 37 heavy (non-hydrogen) atoms. The molecule has 188 valence electrons. The van der Waals surface area contributed by atoms with Gasteiger partial charge in [0.1, 0.15) is 10.8 Å². The van der Waals surface area contributed by atoms with Gasteiger partial charge in [0.05, 0.1) is 28.3 Å². The summed E-state index contributed by atoms with van der Waals surface area (Å²) in [5.41, 5.74) is 2.86. The number of nitrogens with one attached hydrogen (secondary N) is 3. The molecule has 0 radical (unpaired) electrons. The van der Waals surface area contributed by atoms with Crippen LogP contribution in [0.2, 0.25) is 0 Å². The molecule has 0 spiro atoms. The molecular weight excluding hydrogens is 506 g/mol. The minimum absolute atomic E-state index is 0.266. The number of fused-ring (bicyclic) bond motifs is 1. The van der Waals surface area contributed by atoms with Crippen molar-refractivity contribution >= 4 is 56.8 Å². The molecule has 5 rings (SSSR count). The molecule has 0 saturated carbocycles. The first-order chi connectivity index (χ1) is 18.0. The molecular formula is C28H25N3O4S2. The van der Waals surface area contributed by atoms with Gasteiger partial charge in [-0.25, -0.2) is 0 Å². The van der Waals surface area contributed by atoms with E-state index in [1.54, 1.807) is 60.7 Å². The Morgan fingerprint density at radius 1 is 0.865 bits per heavy atom. The van der Waals surface area contributed by atoms with E-state index in [4.69, 9.17) is 4.74 Å². The Morgan fingerprint density at radius 2 is 1.68 bits per heavy atom. The maximum absolute atomic E-state index is 13.4. The van der Waals surface area contributed by atoms with Crippen molar-refractivity contribution in [3.05, 3.63) is 92.5 Å². The molecule has 1 aliphatic carbocycles. The highest BCUT2D eigenvalue weighted by molar-refractivity contribution is 7.17. The van der Waals surface area contributed by atoms with Gasteiger partial charge in [0.25, 0.3) is 17.7 Å². The van der Waals surface area contributed by atoms with Crippen LogP contribution < -0.4 is 20.7 Å². The van der Waals surface area contributed by atoms with Gasteiger partial charge in [-0.3, -0.25) is 14.4 Å². The lowest BCUT2D eigenvalue weighted by Gasteiger charge is -2.12. The molecule has 0 fully saturated rings. The van der Waals surface area contributed by atoms with Crippen molar-refractivity contribution in [3.63, 3.8) is 0 Å². The molecule has 4 aromatic rings. The standard InChI is InChI=1S/C28H25N3O4S2/c1-2-35-18-14-12-17(13-15-18)29-27(34)24-20-8-5-10-22(20)37-28(24)31-25(32)19-7-3-4-9-21(19)30-26(33)23-11-6-16-36-23/h3-4,6-7,9,11-16H,2,5,8,10H2,1H3,(H,29,34)(H,30,33)(H,31,32). The SMILES string of the molecule is CCOc1ccc(NC(=O)c2c(NC(=O)c3ccccc3NC(=O)c3cccs3)sc3c2CCC3)cc1. The second-order valence-electron chi connectivity index (χ2n) is 8.40. The number of aryl methyl sites for hydroxylation is 1. The quantitative estimate of drug-likeness (QED) is 0.243. The molecule has 9 heteroatoms. The second kappa shape index (κ2) is 11.0. The lowest BCUT2D eigenvalue weighted by atomic mass is 10.1. The highest BCUT2D eigenvalue weighted by Crippen LogP contribution is 2.40. The number of carbonyl (C=O) groups excluding carboxylic acids is 3. The number of thiophene rings is 2. The van der Waals surface area contributed by atoms with Crippen molar-refractivity contribution < 1.29 is 19.1 Å². The summed E-state index contributed by atoms with van der Waals surface area (Å²) < 4.78 is 5.47. The molecule has 2 heterocycles. The van der Waals surface area contributed by atoms with Crippen molar-refractivity contribution in [2.24, 2.45) is 0 Å². The maximum Gasteiger partial charge on any atom is 0.265 e. The molecule has 2 aromatic carbocycles. The average molecular weight is 532 g/mol. The average Bonchev–Trinajstić information content (AvgIpc) is 3.64. The fourth-order valence-electron chi connectivity index (χ4n) is 4.28. The van der Waals surface area contributed by atoms with Crippen molar-refractivity contribution in [2.75, 3.05) is 22.6 Å². The van der Waals surface area contributed by atoms with E-state index in [1.807, 2.05) is 12.3 Å². The van der Waals surface area contributed by atoms with Crippen molar-refractivity contribution in [1.29, 1.82) is 0 Å². The number of para-hydroxylation sites is 1. The van der Waals surface area contributed by atoms with Crippen molar-refractivity contribution in [2.45, 2.75) is 26.2 Å². The Kier molecular flexibility index (Phi) is 7.34. The summed E-state index contributed by atoms with van der Waals surface area (Å²) in [6, 6.07) is 17.6. The second-order valence-corrected chi connectivity index (χ2v) is 10.5. The van der Waals surface area contributed by atoms with Crippen LogP contribution in [0.3, 0.4) is 0 Å². The van der Waals surface area contributed by atoms with E-state index >= 15 is 0 Å². The molecule has 0 aliphatic heterocycles. The number of amides is 3. The Hall–Kier alpha value is -3.95. The molecule has 1 aliphatic rings. The van der Waals surface area contributed by atoms with Gasteiger partial charge in [0, 0.05) is 10.6 Å². The summed E-state index contributed by atoms with van der Waals surface area (Å²) >= 11 is 2.77. The Labute approximate surface area is 222 Å². The summed E-state index contributed by atoms with van der Waals surface area (Å²) in [5.74, 6) is -0.203. The number of benzene rings is 2. The molecule has 0 bridgehead atoms. The normalized spacial score (nSPS) is 12.0. The van der Waals surface area contributed by atoms with E-state index in [9.17, 15) is 14.4 Å². The molecule has 3 amide bonds. The molecule has 0 saturated heterocycles. The van der Waals surface area contributed by atoms with Crippen LogP contribution in [0.4, 0.5) is 16.4 Å². The summed E-state index contributed by atoms with van der Waals surface area (Å²) in [6.45, 7) is 2.48. The van der Waals surface area contributed by atoms with Crippen LogP contribution >= 0.6 is 22.7 Å². The van der Waals surface area contributed by atoms with Crippen molar-refractivity contribution in [3.8, 4) is 5.75 Å². The number of anilines is 3. The van der Waals surface area contributed by atoms with E-state index in [0.717, 1.165) is 35.5 Å². The van der Waals surface area contributed by atoms with Crippen LogP contribution in [0.1, 0.15) is 54.2 Å². The van der Waals surface area contributed by atoms with Gasteiger partial charge in [0.15, 0.2) is 0 Å². The molecule has 3 N–H and O–H groups in total. The number of carbonyl (C=O) groups is 3. The van der Waals surface area contributed by atoms with E-state index < -0.39 is 5.91 Å². The van der Waals surface area contributed by atoms with Crippen molar-refractivity contribution in [1.82, 2.24) is 0 Å². The van der Waals surface area contributed by atoms with Crippen LogP contribution in [0.5, 0.6) is 5.75 Å². The highest BCUT2D eigenvalue weighted by Gasteiger charge is 2.28. The third-order valence-corrected chi connectivity index (χ3v) is 8.04. The topological polar surface area (TPSA) is 96.5 Å². The van der Waals surface area contributed by atoms with Gasteiger partial charge in [-0.1, -0.05) is 18.2 Å². The first kappa shape index (κ1) is 24.7. The highest BCUT2D eigenvalue weighted by atomic mass is 32.1. The molecule has 0 atom stereocenters. The summed E-state index contributed by atoms with van der Waals surface area (Å²) in [5, 5.41) is 11.1. The first-order valence-corrected chi connectivity index (χ1v) is 13.7. The minimum atomic E-state index is -0.392. The zero-order chi connectivity index (χ0) is 25.8. The Balaban J connectivity index is 1.37. The van der Waals surface area contributed by atoms with Crippen LogP contribution in [0.25, 0.3) is 0 Å². The Morgan fingerprint density at radius 3 is 2.43 bits per heavy atom. The summed E-state index contributed by atoms with van der Waals surface area (Å²) in [7, 11) is 0. The molecule has 2 aromatic heterocycles. The summed E-state index contributed by atoms with van der Waals surface area (Å²) in [4.78, 5) is 41.0. The predicted molar refractivity (Wildman–Crippen MR) is 149 cm³/mol. The molecule has 7 nitrogen and oxygen atoms in total. The summed E-state index contributed by atoms with van der Waals surface area (Å²) in [6.07, 6.45) is 2.66. The largest absolute Gasteiger partial charge is 0.494 e. The molecule has 0 unspecified atom stereocenters. The fourth-order valence-corrected chi connectivity index (χ4v) is 6.18. The first-order valence-electron chi connectivity index (χ1n) is 12.0. The van der Waals surface area contributed by atoms with Gasteiger partial charge in [-0.15, -0.1) is 22.7 Å². The van der Waals surface area contributed by atoms with Gasteiger partial charge in [-0.05, 0) is 79.6 Å². The maximum atomic E-state index is 13.4.